The van der Waals surface area contributed by atoms with Gasteiger partial charge in [0, 0.05) is 166 Å². The van der Waals surface area contributed by atoms with Crippen LogP contribution in [-0.4, -0.2) is 155 Å². The van der Waals surface area contributed by atoms with Crippen LogP contribution < -0.4 is 19.6 Å². The lowest BCUT2D eigenvalue weighted by molar-refractivity contribution is -0.384. The van der Waals surface area contributed by atoms with Gasteiger partial charge in [-0.25, -0.2) is 8.78 Å². The molecule has 0 aromatic heterocycles. The van der Waals surface area contributed by atoms with Gasteiger partial charge in [-0.3, -0.25) is 29.7 Å². The molecule has 5 fully saturated rings. The van der Waals surface area contributed by atoms with Crippen LogP contribution in [0.2, 0.25) is 0 Å². The summed E-state index contributed by atoms with van der Waals surface area (Å²) < 4.78 is 25.9. The number of hydrogen-bond acceptors (Lipinski definition) is 10. The van der Waals surface area contributed by atoms with E-state index in [1.807, 2.05) is 36.4 Å². The third kappa shape index (κ3) is 19.8. The first-order chi connectivity index (χ1) is 40.1. The summed E-state index contributed by atoms with van der Waals surface area (Å²) in [5.74, 6) is 3.18. The summed E-state index contributed by atoms with van der Waals surface area (Å²) in [5, 5.41) is 10.7. The second-order valence-corrected chi connectivity index (χ2v) is 24.7. The van der Waals surface area contributed by atoms with Crippen LogP contribution in [0.3, 0.4) is 0 Å². The quantitative estimate of drug-likeness (QED) is 0.0735. The fourth-order valence-electron chi connectivity index (χ4n) is 13.5. The first kappa shape index (κ1) is 61.0. The average molecular weight is 1120 g/mol. The fourth-order valence-corrected chi connectivity index (χ4v) is 13.5. The molecule has 3 unspecified atom stereocenters. The molecule has 4 aromatic rings. The topological polar surface area (TPSA) is 69.1 Å². The highest BCUT2D eigenvalue weighted by atomic mass is 19.1. The summed E-state index contributed by atoms with van der Waals surface area (Å²) >= 11 is 0. The third-order valence-corrected chi connectivity index (χ3v) is 18.6. The van der Waals surface area contributed by atoms with Crippen LogP contribution in [0.15, 0.2) is 134 Å². The molecule has 12 rings (SSSR count). The van der Waals surface area contributed by atoms with Crippen molar-refractivity contribution in [2.45, 2.75) is 96.8 Å². The van der Waals surface area contributed by atoms with Crippen molar-refractivity contribution in [1.82, 2.24) is 19.6 Å². The molecule has 4 aliphatic heterocycles. The normalized spacial score (nSPS) is 23.2. The van der Waals surface area contributed by atoms with Crippen molar-refractivity contribution in [2.75, 3.05) is 150 Å². The lowest BCUT2D eigenvalue weighted by atomic mass is 9.89. The van der Waals surface area contributed by atoms with Gasteiger partial charge in [-0.1, -0.05) is 73.4 Å². The van der Waals surface area contributed by atoms with Crippen LogP contribution in [-0.2, 0) is 0 Å². The van der Waals surface area contributed by atoms with Gasteiger partial charge in [0.25, 0.3) is 5.69 Å². The molecule has 3 atom stereocenters. The Bertz CT molecular complexity index is 2450. The average Bonchev–Trinajstić information content (AvgIpc) is 3.59. The maximum Gasteiger partial charge on any atom is 0.269 e. The zero-order valence-corrected chi connectivity index (χ0v) is 49.7. The van der Waals surface area contributed by atoms with Crippen LogP contribution in [0.1, 0.15) is 95.5 Å². The molecule has 444 valence electrons. The van der Waals surface area contributed by atoms with Crippen LogP contribution in [0.25, 0.3) is 0 Å². The number of hydrogen-bond donors (Lipinski definition) is 0. The molecule has 0 spiro atoms. The minimum Gasteiger partial charge on any atom is -0.369 e. The van der Waals surface area contributed by atoms with Gasteiger partial charge in [-0.2, -0.15) is 0 Å². The number of benzene rings is 4. The van der Waals surface area contributed by atoms with Gasteiger partial charge < -0.3 is 19.6 Å². The van der Waals surface area contributed by atoms with Gasteiger partial charge in [-0.05, 0) is 174 Å². The number of rotatable bonds is 13. The summed E-state index contributed by atoms with van der Waals surface area (Å²) in [7, 11) is 0. The zero-order valence-electron chi connectivity index (χ0n) is 49.7. The molecule has 4 heterocycles. The number of halogens is 2. The Labute approximate surface area is 491 Å². The summed E-state index contributed by atoms with van der Waals surface area (Å²) in [6, 6.07) is 29.7. The summed E-state index contributed by atoms with van der Waals surface area (Å²) in [4.78, 5) is 30.4. The highest BCUT2D eigenvalue weighted by Gasteiger charge is 2.25. The number of nitro groups is 1. The Morgan fingerprint density at radius 1 is 0.378 bits per heavy atom. The van der Waals surface area contributed by atoms with Crippen molar-refractivity contribution in [2.24, 2.45) is 23.7 Å². The smallest absolute Gasteiger partial charge is 0.269 e. The van der Waals surface area contributed by atoms with E-state index in [1.165, 1.54) is 154 Å². The fraction of sp³-hybridized carbons (Fsp3) is 0.565. The summed E-state index contributed by atoms with van der Waals surface area (Å²) in [5.41, 5.74) is 6.28. The maximum absolute atomic E-state index is 12.9. The highest BCUT2D eigenvalue weighted by molar-refractivity contribution is 5.52. The number of nitrogens with zero attached hydrogens (tertiary/aromatic N) is 9. The third-order valence-electron chi connectivity index (χ3n) is 18.6. The molecule has 0 radical (unpaired) electrons. The molecule has 4 aliphatic carbocycles. The highest BCUT2D eigenvalue weighted by Crippen LogP contribution is 2.28. The molecular weight excluding hydrogens is 1020 g/mol. The molecule has 4 aromatic carbocycles. The second-order valence-electron chi connectivity index (χ2n) is 24.7. The Hall–Kier alpha value is -5.60. The summed E-state index contributed by atoms with van der Waals surface area (Å²) in [6.45, 7) is 24.9. The molecule has 13 heteroatoms. The minimum atomic E-state index is -0.347. The van der Waals surface area contributed by atoms with E-state index < -0.39 is 0 Å². The van der Waals surface area contributed by atoms with E-state index >= 15 is 0 Å². The molecule has 0 N–H and O–H groups in total. The van der Waals surface area contributed by atoms with Crippen LogP contribution in [0.5, 0.6) is 0 Å². The number of allylic oxidation sites excluding steroid dienone is 6. The minimum absolute atomic E-state index is 0.148. The molecule has 11 nitrogen and oxygen atoms in total. The standard InChI is InChI=1S/C18H26N2.C17H25FN2.C17H23FN2.C17H23N3O2/c1-16-7-9-18(10-8-16)20-13-11-19(12-14-20)15-17-5-3-2-4-6-17;2*18-16-6-8-17(9-7-16)20-12-10-19(11-13-20)14-15-4-2-1-3-5-15;21-20(22)17-8-6-16(7-9-17)19-12-10-18(11-13-19)14-15-4-2-1-3-5-15/h2-3,7-10,17H,4-6,11-15H2,1H3;6-9,15H,1-5,10-14H2;1-2,6-9,15H,3-5,10-14H2;1-2,6-9,15H,3-5,10-14H2. The SMILES string of the molecule is Cc1ccc(N2CCN(CC3CC=CCC3)CC2)cc1.Fc1ccc(N2CCN(CC3CC=CCC3)CC2)cc1.Fc1ccc(N2CCN(CC3CCCCC3)CC2)cc1.O=[N+]([O-])c1ccc(N2CCN(CC3CC=CCC3)CC2)cc1. The number of piperazine rings is 4. The number of anilines is 4. The van der Waals surface area contributed by atoms with Crippen molar-refractivity contribution >= 4 is 28.4 Å². The van der Waals surface area contributed by atoms with Crippen LogP contribution in [0, 0.1) is 52.3 Å². The number of non-ortho nitro benzene ring substituents is 1. The van der Waals surface area contributed by atoms with E-state index in [0.29, 0.717) is 0 Å². The van der Waals surface area contributed by atoms with Gasteiger partial charge in [0.05, 0.1) is 4.92 Å². The predicted molar refractivity (Wildman–Crippen MR) is 338 cm³/mol. The van der Waals surface area contributed by atoms with E-state index in [2.05, 4.69) is 107 Å². The predicted octanol–water partition coefficient (Wildman–Crippen LogP) is 13.4. The Kier molecular flexibility index (Phi) is 24.1. The zero-order chi connectivity index (χ0) is 56.7. The van der Waals surface area contributed by atoms with Crippen molar-refractivity contribution < 1.29 is 13.7 Å². The van der Waals surface area contributed by atoms with Crippen molar-refractivity contribution in [3.05, 3.63) is 161 Å². The van der Waals surface area contributed by atoms with Crippen LogP contribution in [0.4, 0.5) is 37.2 Å². The first-order valence-corrected chi connectivity index (χ1v) is 31.8. The van der Waals surface area contributed by atoms with E-state index in [-0.39, 0.29) is 22.2 Å². The molecule has 8 aliphatic rings. The first-order valence-electron chi connectivity index (χ1n) is 31.8. The number of nitro benzene ring substituents is 1. The molecule has 0 bridgehead atoms. The van der Waals surface area contributed by atoms with Gasteiger partial charge in [0.15, 0.2) is 0 Å². The van der Waals surface area contributed by atoms with E-state index in [1.54, 1.807) is 36.4 Å². The van der Waals surface area contributed by atoms with Gasteiger partial charge >= 0.3 is 0 Å². The Morgan fingerprint density at radius 3 is 0.963 bits per heavy atom. The summed E-state index contributed by atoms with van der Waals surface area (Å²) in [6.07, 6.45) is 32.7. The van der Waals surface area contributed by atoms with Crippen molar-refractivity contribution in [1.29, 1.82) is 0 Å². The van der Waals surface area contributed by atoms with Gasteiger partial charge in [-0.15, -0.1) is 0 Å². The molecular formula is C69H97F2N9O2. The molecule has 4 saturated heterocycles. The Balaban J connectivity index is 0.000000132. The van der Waals surface area contributed by atoms with Crippen molar-refractivity contribution in [3.8, 4) is 0 Å². The van der Waals surface area contributed by atoms with Gasteiger partial charge in [0.1, 0.15) is 11.6 Å². The lowest BCUT2D eigenvalue weighted by Gasteiger charge is -2.38. The van der Waals surface area contributed by atoms with Crippen molar-refractivity contribution in [3.63, 3.8) is 0 Å². The van der Waals surface area contributed by atoms with E-state index in [4.69, 9.17) is 0 Å². The molecule has 82 heavy (non-hydrogen) atoms. The Morgan fingerprint density at radius 2 is 0.671 bits per heavy atom. The van der Waals surface area contributed by atoms with Crippen LogP contribution >= 0.6 is 0 Å². The lowest BCUT2D eigenvalue weighted by Crippen LogP contribution is -2.48. The van der Waals surface area contributed by atoms with E-state index in [0.717, 1.165) is 119 Å². The molecule has 0 amide bonds. The molecule has 1 saturated carbocycles. The maximum atomic E-state index is 12.9. The monoisotopic (exact) mass is 1120 g/mol. The largest absolute Gasteiger partial charge is 0.369 e. The van der Waals surface area contributed by atoms with Gasteiger partial charge in [0.2, 0.25) is 0 Å². The number of aryl methyl sites for hydroxylation is 1. The second kappa shape index (κ2) is 32.5. The van der Waals surface area contributed by atoms with E-state index in [9.17, 15) is 18.9 Å².